The van der Waals surface area contributed by atoms with Crippen LogP contribution >= 0.6 is 11.3 Å². The molecule has 148 valence electrons. The number of ether oxygens (including phenoxy) is 1. The van der Waals surface area contributed by atoms with Gasteiger partial charge < -0.3 is 15.4 Å². The Hall–Kier alpha value is -2.67. The van der Waals surface area contributed by atoms with Crippen LogP contribution in [0.15, 0.2) is 24.3 Å². The van der Waals surface area contributed by atoms with E-state index >= 15 is 0 Å². The van der Waals surface area contributed by atoms with Gasteiger partial charge in [-0.1, -0.05) is 19.1 Å². The fourth-order valence-electron chi connectivity index (χ4n) is 3.30. The molecule has 0 aliphatic heterocycles. The molecule has 0 unspecified atom stereocenters. The highest BCUT2D eigenvalue weighted by Crippen LogP contribution is 2.38. The van der Waals surface area contributed by atoms with E-state index in [0.29, 0.717) is 16.3 Å². The van der Waals surface area contributed by atoms with Crippen LogP contribution < -0.4 is 10.6 Å². The van der Waals surface area contributed by atoms with Crippen molar-refractivity contribution in [2.24, 2.45) is 0 Å². The molecule has 6 nitrogen and oxygen atoms in total. The van der Waals surface area contributed by atoms with E-state index in [4.69, 9.17) is 4.74 Å². The number of fused-ring (bicyclic) bond motifs is 1. The number of carbonyl (C=O) groups is 3. The number of anilines is 2. The van der Waals surface area contributed by atoms with Crippen LogP contribution in [0.5, 0.6) is 0 Å². The number of esters is 1. The van der Waals surface area contributed by atoms with Gasteiger partial charge in [0.05, 0.1) is 5.56 Å². The van der Waals surface area contributed by atoms with Gasteiger partial charge in [0.25, 0.3) is 5.91 Å². The minimum Gasteiger partial charge on any atom is -0.452 e. The smallest absolute Gasteiger partial charge is 0.341 e. The van der Waals surface area contributed by atoms with Crippen molar-refractivity contribution in [2.45, 2.75) is 46.0 Å². The Morgan fingerprint density at radius 3 is 2.68 bits per heavy atom. The number of rotatable bonds is 6. The largest absolute Gasteiger partial charge is 0.452 e. The van der Waals surface area contributed by atoms with Gasteiger partial charge >= 0.3 is 5.97 Å². The summed E-state index contributed by atoms with van der Waals surface area (Å²) in [5.41, 5.74) is 3.13. The van der Waals surface area contributed by atoms with Gasteiger partial charge in [-0.3, -0.25) is 9.59 Å². The summed E-state index contributed by atoms with van der Waals surface area (Å²) in [7, 11) is 0. The highest BCUT2D eigenvalue weighted by molar-refractivity contribution is 7.17. The lowest BCUT2D eigenvalue weighted by Gasteiger charge is -2.13. The van der Waals surface area contributed by atoms with Crippen molar-refractivity contribution in [3.05, 3.63) is 45.8 Å². The van der Waals surface area contributed by atoms with E-state index in [1.807, 2.05) is 25.1 Å². The molecule has 7 heteroatoms. The first-order chi connectivity index (χ1) is 13.5. The second kappa shape index (κ2) is 9.01. The molecule has 0 saturated heterocycles. The average molecular weight is 401 g/mol. The molecule has 2 N–H and O–H groups in total. The minimum absolute atomic E-state index is 0.235. The van der Waals surface area contributed by atoms with E-state index in [0.717, 1.165) is 48.1 Å². The molecule has 0 atom stereocenters. The van der Waals surface area contributed by atoms with Crippen molar-refractivity contribution in [1.29, 1.82) is 0 Å². The van der Waals surface area contributed by atoms with Gasteiger partial charge in [0.2, 0.25) is 5.91 Å². The predicted molar refractivity (Wildman–Crippen MR) is 110 cm³/mol. The molecule has 1 aliphatic rings. The van der Waals surface area contributed by atoms with Crippen LogP contribution in [0.25, 0.3) is 0 Å². The van der Waals surface area contributed by atoms with Crippen LogP contribution in [0, 0.1) is 0 Å². The summed E-state index contributed by atoms with van der Waals surface area (Å²) < 4.78 is 5.27. The highest BCUT2D eigenvalue weighted by atomic mass is 32.1. The van der Waals surface area contributed by atoms with Gasteiger partial charge in [0, 0.05) is 17.5 Å². The van der Waals surface area contributed by atoms with E-state index < -0.39 is 11.9 Å². The normalized spacial score (nSPS) is 12.8. The topological polar surface area (TPSA) is 84.5 Å². The molecule has 0 spiro atoms. The molecule has 28 heavy (non-hydrogen) atoms. The molecule has 2 amide bonds. The number of benzene rings is 1. The number of amides is 2. The van der Waals surface area contributed by atoms with Gasteiger partial charge in [-0.25, -0.2) is 4.79 Å². The van der Waals surface area contributed by atoms with Crippen LogP contribution in [-0.4, -0.2) is 24.4 Å². The van der Waals surface area contributed by atoms with Crippen LogP contribution in [0.2, 0.25) is 0 Å². The van der Waals surface area contributed by atoms with E-state index in [9.17, 15) is 14.4 Å². The zero-order valence-corrected chi connectivity index (χ0v) is 16.9. The Morgan fingerprint density at radius 2 is 1.93 bits per heavy atom. The molecule has 2 aromatic rings. The highest BCUT2D eigenvalue weighted by Gasteiger charge is 2.27. The molecule has 1 aromatic heterocycles. The molecule has 1 aliphatic carbocycles. The summed E-state index contributed by atoms with van der Waals surface area (Å²) in [6.07, 6.45) is 4.62. The molecular formula is C21H24N2O4S. The second-order valence-electron chi connectivity index (χ2n) is 6.77. The molecule has 0 radical (unpaired) electrons. The Morgan fingerprint density at radius 1 is 1.14 bits per heavy atom. The summed E-state index contributed by atoms with van der Waals surface area (Å²) in [5, 5.41) is 5.99. The van der Waals surface area contributed by atoms with Gasteiger partial charge in [-0.05, 0) is 55.4 Å². The van der Waals surface area contributed by atoms with Crippen LogP contribution in [0.3, 0.4) is 0 Å². The maximum Gasteiger partial charge on any atom is 0.341 e. The van der Waals surface area contributed by atoms with E-state index in [1.165, 1.54) is 18.3 Å². The van der Waals surface area contributed by atoms with Crippen molar-refractivity contribution < 1.29 is 19.1 Å². The summed E-state index contributed by atoms with van der Waals surface area (Å²) in [6, 6.07) is 7.55. The van der Waals surface area contributed by atoms with Crippen molar-refractivity contribution in [3.63, 3.8) is 0 Å². The number of hydrogen-bond acceptors (Lipinski definition) is 5. The first kappa shape index (κ1) is 20.1. The first-order valence-corrected chi connectivity index (χ1v) is 10.3. The second-order valence-corrected chi connectivity index (χ2v) is 7.88. The Bertz CT molecular complexity index is 904. The first-order valence-electron chi connectivity index (χ1n) is 9.46. The van der Waals surface area contributed by atoms with Gasteiger partial charge in [-0.2, -0.15) is 0 Å². The molecule has 1 heterocycles. The number of thiophene rings is 1. The van der Waals surface area contributed by atoms with Crippen molar-refractivity contribution in [3.8, 4) is 0 Å². The molecule has 0 bridgehead atoms. The molecule has 1 aromatic carbocycles. The standard InChI is InChI=1S/C21H24N2O4S/c1-3-14-7-6-8-15(11-14)23-18(25)12-27-21(26)19-16-9-4-5-10-17(16)28-20(19)22-13(2)24/h6-8,11H,3-5,9-10,12H2,1-2H3,(H,22,24)(H,23,25). The lowest BCUT2D eigenvalue weighted by molar-refractivity contribution is -0.119. The number of aryl methyl sites for hydroxylation is 2. The fourth-order valence-corrected chi connectivity index (χ4v) is 4.62. The summed E-state index contributed by atoms with van der Waals surface area (Å²) >= 11 is 1.43. The lowest BCUT2D eigenvalue weighted by Crippen LogP contribution is -2.22. The van der Waals surface area contributed by atoms with E-state index in [1.54, 1.807) is 6.07 Å². The van der Waals surface area contributed by atoms with E-state index in [-0.39, 0.29) is 12.5 Å². The molecule has 3 rings (SSSR count). The average Bonchev–Trinajstić information content (AvgIpc) is 3.03. The van der Waals surface area contributed by atoms with Gasteiger partial charge in [0.15, 0.2) is 6.61 Å². The summed E-state index contributed by atoms with van der Waals surface area (Å²) in [5.74, 6) is -1.20. The third-order valence-corrected chi connectivity index (χ3v) is 5.83. The zero-order chi connectivity index (χ0) is 20.1. The number of nitrogens with one attached hydrogen (secondary N) is 2. The molecule has 0 fully saturated rings. The molecule has 0 saturated carbocycles. The number of carbonyl (C=O) groups excluding carboxylic acids is 3. The fraction of sp³-hybridized carbons (Fsp3) is 0.381. The lowest BCUT2D eigenvalue weighted by atomic mass is 9.95. The van der Waals surface area contributed by atoms with Gasteiger partial charge in [-0.15, -0.1) is 11.3 Å². The number of hydrogen-bond donors (Lipinski definition) is 2. The van der Waals surface area contributed by atoms with Crippen molar-refractivity contribution in [1.82, 2.24) is 0 Å². The Kier molecular flexibility index (Phi) is 6.46. The van der Waals surface area contributed by atoms with E-state index in [2.05, 4.69) is 10.6 Å². The Balaban J connectivity index is 1.68. The maximum absolute atomic E-state index is 12.7. The predicted octanol–water partition coefficient (Wildman–Crippen LogP) is 3.94. The minimum atomic E-state index is -0.569. The Labute approximate surface area is 168 Å². The summed E-state index contributed by atoms with van der Waals surface area (Å²) in [6.45, 7) is 3.07. The third-order valence-electron chi connectivity index (χ3n) is 4.62. The van der Waals surface area contributed by atoms with Crippen LogP contribution in [0.4, 0.5) is 10.7 Å². The van der Waals surface area contributed by atoms with Gasteiger partial charge in [0.1, 0.15) is 5.00 Å². The SMILES string of the molecule is CCc1cccc(NC(=O)COC(=O)c2c(NC(C)=O)sc3c2CCCC3)c1. The quantitative estimate of drug-likeness (QED) is 0.719. The monoisotopic (exact) mass is 400 g/mol. The zero-order valence-electron chi connectivity index (χ0n) is 16.1. The van der Waals surface area contributed by atoms with Crippen molar-refractivity contribution >= 4 is 39.8 Å². The third kappa shape index (κ3) is 4.78. The maximum atomic E-state index is 12.7. The van der Waals surface area contributed by atoms with Crippen molar-refractivity contribution in [2.75, 3.05) is 17.2 Å². The summed E-state index contributed by atoms with van der Waals surface area (Å²) in [4.78, 5) is 37.5. The van der Waals surface area contributed by atoms with Crippen LogP contribution in [0.1, 0.15) is 53.1 Å². The molecular weight excluding hydrogens is 376 g/mol. The van der Waals surface area contributed by atoms with Crippen LogP contribution in [-0.2, 0) is 33.6 Å².